The van der Waals surface area contributed by atoms with Gasteiger partial charge in [0, 0.05) is 36.3 Å². The zero-order valence-electron chi connectivity index (χ0n) is 15.6. The molecule has 0 atom stereocenters. The lowest BCUT2D eigenvalue weighted by Crippen LogP contribution is -2.36. The molecule has 25 heavy (non-hydrogen) atoms. The molecule has 1 aliphatic carbocycles. The lowest BCUT2D eigenvalue weighted by molar-refractivity contribution is -0.121. The van der Waals surface area contributed by atoms with E-state index in [0.29, 0.717) is 19.0 Å². The predicted molar refractivity (Wildman–Crippen MR) is 100.0 cm³/mol. The van der Waals surface area contributed by atoms with Crippen LogP contribution in [0.2, 0.25) is 0 Å². The molecular formula is C19H29N5O. The number of hydrogen-bond donors (Lipinski definition) is 2. The Morgan fingerprint density at radius 1 is 1.28 bits per heavy atom. The van der Waals surface area contributed by atoms with Gasteiger partial charge in [-0.1, -0.05) is 26.2 Å². The lowest BCUT2D eigenvalue weighted by Gasteiger charge is -2.22. The molecule has 0 unspecified atom stereocenters. The van der Waals surface area contributed by atoms with Crippen LogP contribution in [-0.4, -0.2) is 33.1 Å². The van der Waals surface area contributed by atoms with E-state index in [1.54, 1.807) is 0 Å². The maximum absolute atomic E-state index is 12.2. The monoisotopic (exact) mass is 343 g/mol. The van der Waals surface area contributed by atoms with Crippen molar-refractivity contribution < 1.29 is 4.79 Å². The van der Waals surface area contributed by atoms with Crippen molar-refractivity contribution in [3.8, 4) is 0 Å². The van der Waals surface area contributed by atoms with Gasteiger partial charge in [0.2, 0.25) is 5.91 Å². The van der Waals surface area contributed by atoms with E-state index in [2.05, 4.69) is 27.6 Å². The van der Waals surface area contributed by atoms with Crippen LogP contribution in [0, 0.1) is 13.8 Å². The molecule has 0 saturated heterocycles. The molecule has 2 aromatic rings. The van der Waals surface area contributed by atoms with Crippen LogP contribution in [0.25, 0.3) is 5.65 Å². The highest BCUT2D eigenvalue weighted by Gasteiger charge is 2.16. The first-order chi connectivity index (χ1) is 12.1. The molecule has 6 nitrogen and oxygen atoms in total. The molecule has 1 amide bonds. The first-order valence-corrected chi connectivity index (χ1v) is 9.47. The van der Waals surface area contributed by atoms with Gasteiger partial charge in [-0.25, -0.2) is 4.98 Å². The van der Waals surface area contributed by atoms with Gasteiger partial charge in [-0.05, 0) is 33.1 Å². The fraction of sp³-hybridized carbons (Fsp3) is 0.632. The lowest BCUT2D eigenvalue weighted by atomic mass is 9.95. The van der Waals surface area contributed by atoms with Gasteiger partial charge >= 0.3 is 0 Å². The summed E-state index contributed by atoms with van der Waals surface area (Å²) in [7, 11) is 0. The Balaban J connectivity index is 1.62. The Labute approximate surface area is 149 Å². The summed E-state index contributed by atoms with van der Waals surface area (Å²) in [6.07, 6.45) is 7.35. The number of carbonyl (C=O) groups excluding carboxylic acids is 1. The minimum atomic E-state index is 0.133. The van der Waals surface area contributed by atoms with Crippen molar-refractivity contribution in [2.45, 2.75) is 71.8 Å². The van der Waals surface area contributed by atoms with E-state index in [0.717, 1.165) is 47.7 Å². The largest absolute Gasteiger partial charge is 0.369 e. The molecule has 3 rings (SSSR count). The van der Waals surface area contributed by atoms with Crippen molar-refractivity contribution in [1.29, 1.82) is 0 Å². The maximum atomic E-state index is 12.2. The van der Waals surface area contributed by atoms with Crippen molar-refractivity contribution >= 4 is 17.4 Å². The first-order valence-electron chi connectivity index (χ1n) is 9.47. The Bertz CT molecular complexity index is 746. The minimum Gasteiger partial charge on any atom is -0.369 e. The van der Waals surface area contributed by atoms with Crippen molar-refractivity contribution in [3.05, 3.63) is 23.0 Å². The average Bonchev–Trinajstić information content (AvgIpc) is 2.90. The van der Waals surface area contributed by atoms with Crippen molar-refractivity contribution in [2.24, 2.45) is 0 Å². The Morgan fingerprint density at radius 3 is 2.76 bits per heavy atom. The second-order valence-electron chi connectivity index (χ2n) is 7.01. The summed E-state index contributed by atoms with van der Waals surface area (Å²) in [6, 6.07) is 2.40. The number of hydrogen-bond acceptors (Lipinski definition) is 4. The van der Waals surface area contributed by atoms with Crippen LogP contribution in [0.5, 0.6) is 0 Å². The predicted octanol–water partition coefficient (Wildman–Crippen LogP) is 3.16. The van der Waals surface area contributed by atoms with Gasteiger partial charge in [0.15, 0.2) is 5.65 Å². The van der Waals surface area contributed by atoms with Gasteiger partial charge < -0.3 is 10.6 Å². The molecule has 0 aliphatic heterocycles. The summed E-state index contributed by atoms with van der Waals surface area (Å²) in [4.78, 5) is 16.8. The number of amides is 1. The molecule has 136 valence electrons. The van der Waals surface area contributed by atoms with Crippen LogP contribution >= 0.6 is 0 Å². The molecular weight excluding hydrogens is 314 g/mol. The third-order valence-electron chi connectivity index (χ3n) is 5.10. The van der Waals surface area contributed by atoms with E-state index in [-0.39, 0.29) is 5.91 Å². The molecule has 1 fully saturated rings. The van der Waals surface area contributed by atoms with Gasteiger partial charge in [0.05, 0.1) is 5.69 Å². The number of nitrogens with zero attached hydrogens (tertiary/aromatic N) is 3. The topological polar surface area (TPSA) is 71.3 Å². The van der Waals surface area contributed by atoms with Gasteiger partial charge in [0.1, 0.15) is 5.82 Å². The molecule has 0 aromatic carbocycles. The SMILES string of the molecule is CCc1cc(NCCC(=O)NC2CCCCC2)n2nc(C)c(C)c2n1. The third kappa shape index (κ3) is 4.11. The minimum absolute atomic E-state index is 0.133. The zero-order chi connectivity index (χ0) is 17.8. The Kier molecular flexibility index (Phi) is 5.56. The number of nitrogens with one attached hydrogen (secondary N) is 2. The van der Waals surface area contributed by atoms with Gasteiger partial charge in [0.25, 0.3) is 0 Å². The van der Waals surface area contributed by atoms with E-state index >= 15 is 0 Å². The molecule has 0 radical (unpaired) electrons. The molecule has 6 heteroatoms. The normalized spacial score (nSPS) is 15.5. The summed E-state index contributed by atoms with van der Waals surface area (Å²) < 4.78 is 1.85. The Hall–Kier alpha value is -2.11. The first kappa shape index (κ1) is 17.7. The fourth-order valence-electron chi connectivity index (χ4n) is 3.44. The van der Waals surface area contributed by atoms with E-state index in [4.69, 9.17) is 0 Å². The fourth-order valence-corrected chi connectivity index (χ4v) is 3.44. The van der Waals surface area contributed by atoms with Crippen LogP contribution in [0.4, 0.5) is 5.82 Å². The smallest absolute Gasteiger partial charge is 0.221 e. The molecule has 2 N–H and O–H groups in total. The molecule has 0 spiro atoms. The maximum Gasteiger partial charge on any atom is 0.221 e. The highest BCUT2D eigenvalue weighted by Crippen LogP contribution is 2.19. The second-order valence-corrected chi connectivity index (χ2v) is 7.01. The summed E-state index contributed by atoms with van der Waals surface area (Å²) in [5.41, 5.74) is 4.02. The average molecular weight is 343 g/mol. The van der Waals surface area contributed by atoms with E-state index < -0.39 is 0 Å². The van der Waals surface area contributed by atoms with Crippen LogP contribution in [0.3, 0.4) is 0 Å². The van der Waals surface area contributed by atoms with Gasteiger partial charge in [-0.3, -0.25) is 4.79 Å². The van der Waals surface area contributed by atoms with E-state index in [9.17, 15) is 4.79 Å². The summed E-state index contributed by atoms with van der Waals surface area (Å²) in [5, 5.41) is 11.1. The zero-order valence-corrected chi connectivity index (χ0v) is 15.6. The quantitative estimate of drug-likeness (QED) is 0.845. The summed E-state index contributed by atoms with van der Waals surface area (Å²) in [6.45, 7) is 6.74. The van der Waals surface area contributed by atoms with Gasteiger partial charge in [-0.15, -0.1) is 0 Å². The Morgan fingerprint density at radius 2 is 2.04 bits per heavy atom. The number of carbonyl (C=O) groups is 1. The molecule has 2 aromatic heterocycles. The highest BCUT2D eigenvalue weighted by atomic mass is 16.1. The number of aromatic nitrogens is 3. The standard InChI is InChI=1S/C19H29N5O/c1-4-15-12-17(24-19(22-15)13(2)14(3)23-24)20-11-10-18(25)21-16-8-6-5-7-9-16/h12,16,20H,4-11H2,1-3H3,(H,21,25). The van der Waals surface area contributed by atoms with Crippen molar-refractivity contribution in [3.63, 3.8) is 0 Å². The number of rotatable bonds is 6. The number of aryl methyl sites for hydroxylation is 3. The van der Waals surface area contributed by atoms with Crippen LogP contribution < -0.4 is 10.6 Å². The number of fused-ring (bicyclic) bond motifs is 1. The van der Waals surface area contributed by atoms with E-state index in [1.807, 2.05) is 24.4 Å². The number of anilines is 1. The molecule has 0 bridgehead atoms. The third-order valence-corrected chi connectivity index (χ3v) is 5.10. The van der Waals surface area contributed by atoms with Crippen LogP contribution in [-0.2, 0) is 11.2 Å². The van der Waals surface area contributed by atoms with Crippen molar-refractivity contribution in [1.82, 2.24) is 19.9 Å². The summed E-state index contributed by atoms with van der Waals surface area (Å²) >= 11 is 0. The van der Waals surface area contributed by atoms with Gasteiger partial charge in [-0.2, -0.15) is 9.61 Å². The molecule has 1 saturated carbocycles. The van der Waals surface area contributed by atoms with Crippen LogP contribution in [0.1, 0.15) is 62.4 Å². The summed E-state index contributed by atoms with van der Waals surface area (Å²) in [5.74, 6) is 1.04. The van der Waals surface area contributed by atoms with Crippen molar-refractivity contribution in [2.75, 3.05) is 11.9 Å². The van der Waals surface area contributed by atoms with E-state index in [1.165, 1.54) is 19.3 Å². The second kappa shape index (κ2) is 7.85. The molecule has 1 aliphatic rings. The highest BCUT2D eigenvalue weighted by molar-refractivity contribution is 5.76. The van der Waals surface area contributed by atoms with Crippen LogP contribution in [0.15, 0.2) is 6.07 Å². The molecule has 2 heterocycles.